The van der Waals surface area contributed by atoms with Gasteiger partial charge in [0.25, 0.3) is 0 Å². The maximum Gasteiger partial charge on any atom is 0.248 e. The van der Waals surface area contributed by atoms with Crippen LogP contribution in [0.25, 0.3) is 0 Å². The molecule has 0 radical (unpaired) electrons. The van der Waals surface area contributed by atoms with E-state index in [1.165, 1.54) is 56.9 Å². The number of benzene rings is 1. The second-order valence-electron chi connectivity index (χ2n) is 23.5. The topological polar surface area (TPSA) is 288 Å². The average molecular weight is 1160 g/mol. The lowest BCUT2D eigenvalue weighted by Crippen LogP contribution is -2.62. The molecule has 0 aliphatic carbocycles. The standard InChI is InChI=1S/C57H98N10O13S/c1-18-37(6)48(51(72)60-42(34-81(78)79)54(75)67-27-23-20-24-28-67)66(17)53(74)41(33-80-57(9,10)11)59-49(70)43(29-35(2)3)63(14)46(69)32-62(13)56(77)47(39(8)68)61-50(71)44(30-36(4)5)64(15)55(76)45(31-40-25-21-19-22-26-40)65(16)52(73)38(7)58-12/h19,21-22,25-26,35-39,41-45,47-48,58,68H,18,20,23-24,27-34H2,1-17H3,(H,59,70)(H,60,72)(H,61,71)(H,78,79)/t37-,38-,39+,41-,42-,43-,44-,45-,47-,48-/m0/s1. The lowest BCUT2D eigenvalue weighted by Gasteiger charge is -2.37. The molecule has 6 N–H and O–H groups in total. The SMILES string of the molecule is CC[C@H](C)[C@@H](C(=O)N[C@@H](CS(=O)O)C(=O)N1CCCCC1)N(C)C(=O)[C@H](COC(C)(C)C)NC(=O)[C@H](CC(C)C)N(C)C(=O)CN(C)C(=O)[C@@H](NC(=O)[C@H](CC(C)C)N(C)C(=O)[C@H](Cc1ccccc1)N(C)C(=O)[C@H](C)NC)[C@@H](C)O. The van der Waals surface area contributed by atoms with Crippen molar-refractivity contribution in [3.8, 4) is 0 Å². The zero-order valence-electron chi connectivity index (χ0n) is 51.3. The number of piperidine rings is 1. The monoisotopic (exact) mass is 1160 g/mol. The fraction of sp³-hybridized carbons (Fsp3) is 0.737. The summed E-state index contributed by atoms with van der Waals surface area (Å²) in [4.78, 5) is 135. The summed E-state index contributed by atoms with van der Waals surface area (Å²) < 4.78 is 28.0. The van der Waals surface area contributed by atoms with E-state index in [4.69, 9.17) is 4.74 Å². The van der Waals surface area contributed by atoms with Gasteiger partial charge in [0.05, 0.1) is 36.7 Å². The van der Waals surface area contributed by atoms with Crippen LogP contribution >= 0.6 is 0 Å². The molecule has 0 bridgehead atoms. The van der Waals surface area contributed by atoms with Gasteiger partial charge in [-0.25, -0.2) is 4.21 Å². The summed E-state index contributed by atoms with van der Waals surface area (Å²) in [5.74, 6) is -7.30. The fourth-order valence-corrected chi connectivity index (χ4v) is 10.0. The zero-order chi connectivity index (χ0) is 61.8. The first-order valence-corrected chi connectivity index (χ1v) is 29.6. The molecule has 460 valence electrons. The van der Waals surface area contributed by atoms with Crippen LogP contribution in [0.2, 0.25) is 0 Å². The van der Waals surface area contributed by atoms with Crippen LogP contribution in [-0.4, -0.2) is 231 Å². The van der Waals surface area contributed by atoms with Gasteiger partial charge in [0, 0.05) is 54.7 Å². The van der Waals surface area contributed by atoms with Crippen LogP contribution in [0, 0.1) is 17.8 Å². The lowest BCUT2D eigenvalue weighted by molar-refractivity contribution is -0.150. The van der Waals surface area contributed by atoms with Crippen molar-refractivity contribution in [1.82, 2.24) is 50.7 Å². The van der Waals surface area contributed by atoms with Crippen molar-refractivity contribution in [3.05, 3.63) is 35.9 Å². The third-order valence-electron chi connectivity index (χ3n) is 14.7. The van der Waals surface area contributed by atoms with E-state index in [0.29, 0.717) is 19.5 Å². The van der Waals surface area contributed by atoms with Gasteiger partial charge in [-0.15, -0.1) is 0 Å². The van der Waals surface area contributed by atoms with Crippen LogP contribution < -0.4 is 21.3 Å². The molecule has 1 saturated heterocycles. The van der Waals surface area contributed by atoms with Crippen molar-refractivity contribution in [3.63, 3.8) is 0 Å². The van der Waals surface area contributed by atoms with Crippen LogP contribution in [0.5, 0.6) is 0 Å². The molecule has 1 aromatic carbocycles. The Morgan fingerprint density at radius 2 is 1.20 bits per heavy atom. The van der Waals surface area contributed by atoms with Gasteiger partial charge in [0.1, 0.15) is 42.3 Å². The molecule has 1 heterocycles. The number of likely N-dealkylation sites (N-methyl/N-ethyl adjacent to an activating group) is 6. The summed E-state index contributed by atoms with van der Waals surface area (Å²) in [6.45, 7) is 19.1. The highest BCUT2D eigenvalue weighted by Crippen LogP contribution is 2.21. The normalized spacial score (nSPS) is 16.9. The third-order valence-corrected chi connectivity index (χ3v) is 15.4. The minimum atomic E-state index is -2.45. The Balaban J connectivity index is 2.45. The van der Waals surface area contributed by atoms with Crippen molar-refractivity contribution < 1.29 is 61.8 Å². The lowest BCUT2D eigenvalue weighted by atomic mass is 9.95. The van der Waals surface area contributed by atoms with Gasteiger partial charge in [-0.3, -0.25) is 43.2 Å². The zero-order valence-corrected chi connectivity index (χ0v) is 52.1. The van der Waals surface area contributed by atoms with Gasteiger partial charge in [0.2, 0.25) is 53.2 Å². The van der Waals surface area contributed by atoms with Gasteiger partial charge >= 0.3 is 0 Å². The summed E-state index contributed by atoms with van der Waals surface area (Å²) in [7, 11) is 8.68. The highest BCUT2D eigenvalue weighted by atomic mass is 32.2. The molecule has 1 unspecified atom stereocenters. The largest absolute Gasteiger partial charge is 0.391 e. The third kappa shape index (κ3) is 22.3. The van der Waals surface area contributed by atoms with Gasteiger partial charge in [-0.05, 0) is 97.1 Å². The maximum absolute atomic E-state index is 14.7. The molecule has 11 atom stereocenters. The molecule has 1 fully saturated rings. The summed E-state index contributed by atoms with van der Waals surface area (Å²) in [5, 5.41) is 22.0. The molecule has 0 spiro atoms. The van der Waals surface area contributed by atoms with E-state index >= 15 is 0 Å². The summed E-state index contributed by atoms with van der Waals surface area (Å²) in [5.41, 5.74) is -0.0256. The maximum atomic E-state index is 14.7. The van der Waals surface area contributed by atoms with Crippen molar-refractivity contribution in [1.29, 1.82) is 0 Å². The fourth-order valence-electron chi connectivity index (χ4n) is 9.52. The number of hydrogen-bond donors (Lipinski definition) is 6. The average Bonchev–Trinajstić information content (AvgIpc) is 3.41. The van der Waals surface area contributed by atoms with E-state index in [1.54, 1.807) is 46.6 Å². The number of hydrogen-bond acceptors (Lipinski definition) is 13. The van der Waals surface area contributed by atoms with Crippen LogP contribution in [0.3, 0.4) is 0 Å². The van der Waals surface area contributed by atoms with E-state index in [9.17, 15) is 57.0 Å². The first-order valence-electron chi connectivity index (χ1n) is 28.3. The van der Waals surface area contributed by atoms with E-state index in [1.807, 2.05) is 65.0 Å². The predicted molar refractivity (Wildman–Crippen MR) is 310 cm³/mol. The Labute approximate surface area is 484 Å². The number of likely N-dealkylation sites (tertiary alicyclic amines) is 1. The van der Waals surface area contributed by atoms with Gasteiger partial charge < -0.3 is 65.1 Å². The number of carbonyl (C=O) groups is 9. The smallest absolute Gasteiger partial charge is 0.248 e. The Morgan fingerprint density at radius 3 is 1.69 bits per heavy atom. The van der Waals surface area contributed by atoms with Crippen molar-refractivity contribution in [2.24, 2.45) is 17.8 Å². The minimum Gasteiger partial charge on any atom is -0.391 e. The van der Waals surface area contributed by atoms with Crippen LogP contribution in [0.15, 0.2) is 30.3 Å². The Bertz CT molecular complexity index is 2280. The van der Waals surface area contributed by atoms with Crippen LogP contribution in [0.4, 0.5) is 0 Å². The molecule has 24 heteroatoms. The summed E-state index contributed by atoms with van der Waals surface area (Å²) in [6, 6.07) is -0.451. The molecule has 1 aromatic rings. The number of carbonyl (C=O) groups excluding carboxylic acids is 9. The number of aliphatic hydroxyl groups is 1. The molecule has 0 saturated carbocycles. The molecule has 2 rings (SSSR count). The van der Waals surface area contributed by atoms with Gasteiger partial charge in [-0.1, -0.05) is 78.3 Å². The Morgan fingerprint density at radius 1 is 0.679 bits per heavy atom. The molecule has 1 aliphatic rings. The number of nitrogens with one attached hydrogen (secondary N) is 4. The molecular formula is C57H98N10O13S. The van der Waals surface area contributed by atoms with Crippen LogP contribution in [0.1, 0.15) is 120 Å². The molecule has 81 heavy (non-hydrogen) atoms. The highest BCUT2D eigenvalue weighted by molar-refractivity contribution is 7.79. The second-order valence-corrected chi connectivity index (χ2v) is 24.5. The second kappa shape index (κ2) is 33.5. The molecular weight excluding hydrogens is 1060 g/mol. The van der Waals surface area contributed by atoms with E-state index in [-0.39, 0.29) is 43.6 Å². The van der Waals surface area contributed by atoms with Gasteiger partial charge in [0.15, 0.2) is 11.1 Å². The van der Waals surface area contributed by atoms with Crippen molar-refractivity contribution in [2.45, 2.75) is 181 Å². The summed E-state index contributed by atoms with van der Waals surface area (Å²) in [6.07, 6.45) is 1.72. The van der Waals surface area contributed by atoms with E-state index in [0.717, 1.165) is 34.6 Å². The molecule has 9 amide bonds. The quantitative estimate of drug-likeness (QED) is 0.0577. The molecule has 1 aliphatic heterocycles. The highest BCUT2D eigenvalue weighted by Gasteiger charge is 2.42. The van der Waals surface area contributed by atoms with Crippen molar-refractivity contribution in [2.75, 3.05) is 74.3 Å². The number of ether oxygens (including phenoxy) is 1. The predicted octanol–water partition coefficient (Wildman–Crippen LogP) is 1.63. The van der Waals surface area contributed by atoms with Gasteiger partial charge in [-0.2, -0.15) is 0 Å². The molecule has 0 aromatic heterocycles. The Hall–Kier alpha value is -5.56. The number of nitrogens with zero attached hydrogens (tertiary/aromatic N) is 6. The Kier molecular flexibility index (Phi) is 29.6. The van der Waals surface area contributed by atoms with E-state index < -0.39 is 137 Å². The summed E-state index contributed by atoms with van der Waals surface area (Å²) >= 11 is -2.45. The number of rotatable bonds is 31. The minimum absolute atomic E-state index is 0.0969. The van der Waals surface area contributed by atoms with Crippen LogP contribution in [-0.2, 0) is 65.4 Å². The van der Waals surface area contributed by atoms with E-state index in [2.05, 4.69) is 21.3 Å². The van der Waals surface area contributed by atoms with Crippen molar-refractivity contribution >= 4 is 64.2 Å². The first-order chi connectivity index (χ1) is 37.7. The number of aliphatic hydroxyl groups excluding tert-OH is 1. The first kappa shape index (κ1) is 71.5. The number of amides is 9. The molecule has 23 nitrogen and oxygen atoms in total.